The number of H-pyrrole nitrogens is 1. The predicted molar refractivity (Wildman–Crippen MR) is 66.0 cm³/mol. The van der Waals surface area contributed by atoms with Crippen molar-refractivity contribution in [2.75, 3.05) is 6.61 Å². The summed E-state index contributed by atoms with van der Waals surface area (Å²) in [5.41, 5.74) is -0.194. The van der Waals surface area contributed by atoms with Gasteiger partial charge in [-0.05, 0) is 32.0 Å². The van der Waals surface area contributed by atoms with Crippen molar-refractivity contribution in [1.29, 1.82) is 0 Å². The Kier molecular flexibility index (Phi) is 3.87. The highest BCUT2D eigenvalue weighted by Crippen LogP contribution is 2.36. The lowest BCUT2D eigenvalue weighted by Gasteiger charge is -2.10. The third-order valence-corrected chi connectivity index (χ3v) is 2.52. The summed E-state index contributed by atoms with van der Waals surface area (Å²) in [7, 11) is 0. The van der Waals surface area contributed by atoms with Crippen molar-refractivity contribution in [3.8, 4) is 17.4 Å². The molecule has 0 saturated carbocycles. The van der Waals surface area contributed by atoms with Gasteiger partial charge in [-0.2, -0.15) is 13.2 Å². The van der Waals surface area contributed by atoms with Crippen molar-refractivity contribution in [2.24, 2.45) is 0 Å². The van der Waals surface area contributed by atoms with E-state index in [-0.39, 0.29) is 17.4 Å². The molecular formula is C13H13F3N2O2. The molecule has 0 fully saturated rings. The molecule has 0 spiro atoms. The number of nitrogens with zero attached hydrogens (tertiary/aromatic N) is 1. The number of hydrogen-bond acceptors (Lipinski definition) is 3. The van der Waals surface area contributed by atoms with E-state index in [1.54, 1.807) is 13.8 Å². The maximum atomic E-state index is 12.6. The number of benzene rings is 1. The Bertz CT molecular complexity index is 594. The van der Waals surface area contributed by atoms with Gasteiger partial charge in [0, 0.05) is 0 Å². The third kappa shape index (κ3) is 3.04. The molecule has 0 unspecified atom stereocenters. The molecule has 20 heavy (non-hydrogen) atoms. The summed E-state index contributed by atoms with van der Waals surface area (Å²) in [5, 5.41) is 6.54. The minimum absolute atomic E-state index is 0.0743. The second kappa shape index (κ2) is 5.44. The van der Waals surface area contributed by atoms with Gasteiger partial charge in [-0.15, -0.1) is 5.10 Å². The molecule has 0 radical (unpaired) electrons. The lowest BCUT2D eigenvalue weighted by Crippen LogP contribution is -2.04. The Morgan fingerprint density at radius 3 is 2.70 bits per heavy atom. The Labute approximate surface area is 113 Å². The van der Waals surface area contributed by atoms with Crippen LogP contribution in [0.1, 0.15) is 18.2 Å². The number of hydrogen-bond donors (Lipinski definition) is 1. The van der Waals surface area contributed by atoms with Crippen molar-refractivity contribution in [1.82, 2.24) is 10.2 Å². The van der Waals surface area contributed by atoms with E-state index in [0.717, 1.165) is 12.1 Å². The van der Waals surface area contributed by atoms with Gasteiger partial charge in [-0.3, -0.25) is 5.10 Å². The van der Waals surface area contributed by atoms with Gasteiger partial charge in [0.05, 0.1) is 17.9 Å². The lowest BCUT2D eigenvalue weighted by atomic mass is 10.2. The van der Waals surface area contributed by atoms with Crippen LogP contribution < -0.4 is 9.47 Å². The largest absolute Gasteiger partial charge is 0.474 e. The van der Waals surface area contributed by atoms with Gasteiger partial charge in [-0.1, -0.05) is 6.07 Å². The minimum Gasteiger partial charge on any atom is -0.474 e. The van der Waals surface area contributed by atoms with Crippen molar-refractivity contribution < 1.29 is 22.6 Å². The first-order valence-electron chi connectivity index (χ1n) is 5.94. The van der Waals surface area contributed by atoms with Gasteiger partial charge in [0.2, 0.25) is 5.75 Å². The van der Waals surface area contributed by atoms with E-state index < -0.39 is 11.7 Å². The second-order valence-electron chi connectivity index (χ2n) is 4.04. The topological polar surface area (TPSA) is 47.1 Å². The maximum Gasteiger partial charge on any atom is 0.416 e. The standard InChI is InChI=1S/C13H13F3N2O2/c1-3-19-12-11(8(2)17-18-12)20-10-6-4-5-9(7-10)13(14,15)16/h4-7H,3H2,1-2H3,(H,17,18). The zero-order chi connectivity index (χ0) is 14.8. The molecule has 108 valence electrons. The van der Waals surface area contributed by atoms with Crippen LogP contribution in [0.5, 0.6) is 17.4 Å². The first kappa shape index (κ1) is 14.2. The van der Waals surface area contributed by atoms with E-state index in [4.69, 9.17) is 9.47 Å². The first-order valence-corrected chi connectivity index (χ1v) is 5.94. The fourth-order valence-electron chi connectivity index (χ4n) is 1.61. The van der Waals surface area contributed by atoms with Crippen molar-refractivity contribution >= 4 is 0 Å². The predicted octanol–water partition coefficient (Wildman–Crippen LogP) is 3.93. The van der Waals surface area contributed by atoms with Gasteiger partial charge in [0.15, 0.2) is 0 Å². The Morgan fingerprint density at radius 1 is 1.30 bits per heavy atom. The van der Waals surface area contributed by atoms with Gasteiger partial charge in [-0.25, -0.2) is 0 Å². The number of alkyl halides is 3. The summed E-state index contributed by atoms with van der Waals surface area (Å²) in [4.78, 5) is 0. The van der Waals surface area contributed by atoms with Crippen LogP contribution in [0.4, 0.5) is 13.2 Å². The zero-order valence-corrected chi connectivity index (χ0v) is 10.9. The van der Waals surface area contributed by atoms with Crippen molar-refractivity contribution in [3.05, 3.63) is 35.5 Å². The Balaban J connectivity index is 2.28. The molecule has 2 aromatic rings. The highest BCUT2D eigenvalue weighted by molar-refractivity contribution is 5.42. The molecule has 0 atom stereocenters. The van der Waals surface area contributed by atoms with Gasteiger partial charge < -0.3 is 9.47 Å². The number of aryl methyl sites for hydroxylation is 1. The lowest BCUT2D eigenvalue weighted by molar-refractivity contribution is -0.137. The number of aromatic nitrogens is 2. The highest BCUT2D eigenvalue weighted by atomic mass is 19.4. The molecular weight excluding hydrogens is 273 g/mol. The SMILES string of the molecule is CCOc1n[nH]c(C)c1Oc1cccc(C(F)(F)F)c1. The summed E-state index contributed by atoms with van der Waals surface area (Å²) in [6.07, 6.45) is -4.41. The van der Waals surface area contributed by atoms with Crippen molar-refractivity contribution in [3.63, 3.8) is 0 Å². The minimum atomic E-state index is -4.41. The average Bonchev–Trinajstić information content (AvgIpc) is 2.71. The highest BCUT2D eigenvalue weighted by Gasteiger charge is 2.30. The number of aromatic amines is 1. The number of nitrogens with one attached hydrogen (secondary N) is 1. The molecule has 0 bridgehead atoms. The molecule has 1 aromatic heterocycles. The third-order valence-electron chi connectivity index (χ3n) is 2.52. The molecule has 0 aliphatic heterocycles. The summed E-state index contributed by atoms with van der Waals surface area (Å²) in [6.45, 7) is 3.85. The normalized spacial score (nSPS) is 11.4. The molecule has 1 aromatic carbocycles. The van der Waals surface area contributed by atoms with Crippen LogP contribution in [0.25, 0.3) is 0 Å². The van der Waals surface area contributed by atoms with Crippen LogP contribution in [0.2, 0.25) is 0 Å². The van der Waals surface area contributed by atoms with Gasteiger partial charge >= 0.3 is 6.18 Å². The van der Waals surface area contributed by atoms with Gasteiger partial charge in [0.25, 0.3) is 5.88 Å². The summed E-state index contributed by atoms with van der Waals surface area (Å²) >= 11 is 0. The van der Waals surface area contributed by atoms with Crippen LogP contribution in [0.3, 0.4) is 0 Å². The molecule has 4 nitrogen and oxygen atoms in total. The second-order valence-corrected chi connectivity index (χ2v) is 4.04. The van der Waals surface area contributed by atoms with Crippen LogP contribution in [0.15, 0.2) is 24.3 Å². The van der Waals surface area contributed by atoms with E-state index in [1.807, 2.05) is 0 Å². The fraction of sp³-hybridized carbons (Fsp3) is 0.308. The number of rotatable bonds is 4. The molecule has 2 rings (SSSR count). The maximum absolute atomic E-state index is 12.6. The summed E-state index contributed by atoms with van der Waals surface area (Å²) in [6, 6.07) is 4.64. The molecule has 1 N–H and O–H groups in total. The van der Waals surface area contributed by atoms with Gasteiger partial charge in [0.1, 0.15) is 5.75 Å². The quantitative estimate of drug-likeness (QED) is 0.926. The average molecular weight is 286 g/mol. The molecule has 0 aliphatic carbocycles. The Morgan fingerprint density at radius 2 is 2.05 bits per heavy atom. The molecule has 0 saturated heterocycles. The number of ether oxygens (including phenoxy) is 2. The monoisotopic (exact) mass is 286 g/mol. The van der Waals surface area contributed by atoms with E-state index in [1.165, 1.54) is 12.1 Å². The molecule has 0 aliphatic rings. The molecule has 1 heterocycles. The van der Waals surface area contributed by atoms with E-state index in [2.05, 4.69) is 10.2 Å². The van der Waals surface area contributed by atoms with E-state index in [0.29, 0.717) is 12.3 Å². The van der Waals surface area contributed by atoms with Crippen LogP contribution in [-0.2, 0) is 6.18 Å². The fourth-order valence-corrected chi connectivity index (χ4v) is 1.61. The van der Waals surface area contributed by atoms with Crippen LogP contribution in [-0.4, -0.2) is 16.8 Å². The first-order chi connectivity index (χ1) is 9.41. The summed E-state index contributed by atoms with van der Waals surface area (Å²) < 4.78 is 48.6. The number of halogens is 3. The van der Waals surface area contributed by atoms with E-state index >= 15 is 0 Å². The molecule has 0 amide bonds. The molecule has 7 heteroatoms. The van der Waals surface area contributed by atoms with Crippen molar-refractivity contribution in [2.45, 2.75) is 20.0 Å². The van der Waals surface area contributed by atoms with Crippen LogP contribution >= 0.6 is 0 Å². The zero-order valence-electron chi connectivity index (χ0n) is 10.9. The smallest absolute Gasteiger partial charge is 0.416 e. The summed E-state index contributed by atoms with van der Waals surface area (Å²) in [5.74, 6) is 0.582. The van der Waals surface area contributed by atoms with E-state index in [9.17, 15) is 13.2 Å². The van der Waals surface area contributed by atoms with Crippen LogP contribution in [0, 0.1) is 6.92 Å². The Hall–Kier alpha value is -2.18.